The van der Waals surface area contributed by atoms with Gasteiger partial charge in [0.25, 0.3) is 11.7 Å². The first kappa shape index (κ1) is 24.3. The smallest absolute Gasteiger partial charge is 0.295 e. The van der Waals surface area contributed by atoms with Gasteiger partial charge in [0.15, 0.2) is 0 Å². The number of hydrogen-bond donors (Lipinski definition) is 1. The molecule has 0 spiro atoms. The number of carbonyl (C=O) groups is 2. The third-order valence-electron chi connectivity index (χ3n) is 5.24. The average molecular weight is 522 g/mol. The summed E-state index contributed by atoms with van der Waals surface area (Å²) in [6.07, 6.45) is 0.696. The maximum Gasteiger partial charge on any atom is 0.295 e. The molecule has 2 aromatic rings. The highest BCUT2D eigenvalue weighted by Crippen LogP contribution is 2.40. The van der Waals surface area contributed by atoms with Gasteiger partial charge in [0.2, 0.25) is 0 Å². The van der Waals surface area contributed by atoms with E-state index in [1.807, 2.05) is 50.2 Å². The fourth-order valence-electron chi connectivity index (χ4n) is 3.74. The van der Waals surface area contributed by atoms with E-state index in [1.165, 1.54) is 4.90 Å². The molecular formula is C24H26BrClN2O4. The second-order valence-electron chi connectivity index (χ2n) is 7.78. The van der Waals surface area contributed by atoms with Gasteiger partial charge in [-0.25, -0.2) is 0 Å². The van der Waals surface area contributed by atoms with E-state index < -0.39 is 17.7 Å². The molecule has 1 saturated heterocycles. The van der Waals surface area contributed by atoms with Crippen molar-refractivity contribution in [1.82, 2.24) is 9.80 Å². The van der Waals surface area contributed by atoms with E-state index >= 15 is 0 Å². The number of carbonyl (C=O) groups excluding carboxylic acids is 2. The molecule has 1 unspecified atom stereocenters. The molecule has 1 aliphatic heterocycles. The number of Topliss-reactive ketones (excluding diaryl/α,β-unsaturated/α-hetero) is 1. The van der Waals surface area contributed by atoms with Gasteiger partial charge < -0.3 is 19.6 Å². The van der Waals surface area contributed by atoms with Crippen LogP contribution in [0.5, 0.6) is 5.75 Å². The molecule has 2 aromatic carbocycles. The van der Waals surface area contributed by atoms with E-state index in [9.17, 15) is 14.7 Å². The minimum atomic E-state index is -0.703. The second-order valence-corrected chi connectivity index (χ2v) is 9.10. The van der Waals surface area contributed by atoms with Gasteiger partial charge in [-0.2, -0.15) is 0 Å². The van der Waals surface area contributed by atoms with Crippen molar-refractivity contribution in [2.45, 2.75) is 19.4 Å². The van der Waals surface area contributed by atoms with Crippen molar-refractivity contribution in [1.29, 1.82) is 0 Å². The van der Waals surface area contributed by atoms with Crippen molar-refractivity contribution >= 4 is 45.0 Å². The normalized spacial score (nSPS) is 17.9. The quantitative estimate of drug-likeness (QED) is 0.305. The molecule has 0 bridgehead atoms. The molecule has 1 atom stereocenters. The molecule has 1 amide bonds. The van der Waals surface area contributed by atoms with Crippen LogP contribution in [0.2, 0.25) is 5.02 Å². The van der Waals surface area contributed by atoms with Gasteiger partial charge in [-0.3, -0.25) is 9.59 Å². The average Bonchev–Trinajstić information content (AvgIpc) is 3.00. The summed E-state index contributed by atoms with van der Waals surface area (Å²) in [6.45, 7) is 3.46. The summed E-state index contributed by atoms with van der Waals surface area (Å²) in [7, 11) is 3.91. The van der Waals surface area contributed by atoms with Crippen LogP contribution in [0.15, 0.2) is 52.5 Å². The van der Waals surface area contributed by atoms with Gasteiger partial charge in [-0.1, -0.05) is 39.7 Å². The van der Waals surface area contributed by atoms with E-state index in [-0.39, 0.29) is 11.3 Å². The lowest BCUT2D eigenvalue weighted by Gasteiger charge is -2.26. The number of rotatable bonds is 8. The van der Waals surface area contributed by atoms with Crippen LogP contribution in [-0.4, -0.2) is 60.4 Å². The van der Waals surface area contributed by atoms with Gasteiger partial charge in [0.1, 0.15) is 11.5 Å². The highest BCUT2D eigenvalue weighted by atomic mass is 79.9. The number of aliphatic hydroxyl groups excluding tert-OH is 1. The van der Waals surface area contributed by atoms with Gasteiger partial charge in [-0.15, -0.1) is 0 Å². The molecule has 1 heterocycles. The van der Waals surface area contributed by atoms with Crippen molar-refractivity contribution < 1.29 is 19.4 Å². The van der Waals surface area contributed by atoms with Crippen LogP contribution < -0.4 is 4.74 Å². The Labute approximate surface area is 201 Å². The van der Waals surface area contributed by atoms with Crippen LogP contribution in [0.4, 0.5) is 0 Å². The van der Waals surface area contributed by atoms with Crippen LogP contribution >= 0.6 is 27.5 Å². The Balaban J connectivity index is 2.08. The molecular weight excluding hydrogens is 496 g/mol. The number of benzene rings is 2. The van der Waals surface area contributed by atoms with Crippen molar-refractivity contribution in [2.24, 2.45) is 0 Å². The molecule has 32 heavy (non-hydrogen) atoms. The van der Waals surface area contributed by atoms with Crippen LogP contribution in [0.25, 0.3) is 5.76 Å². The Morgan fingerprint density at radius 2 is 1.88 bits per heavy atom. The Hall–Kier alpha value is -2.35. The number of likely N-dealkylation sites (tertiary alicyclic amines) is 1. The maximum atomic E-state index is 13.0. The van der Waals surface area contributed by atoms with Crippen LogP contribution in [-0.2, 0) is 9.59 Å². The summed E-state index contributed by atoms with van der Waals surface area (Å²) < 4.78 is 6.33. The summed E-state index contributed by atoms with van der Waals surface area (Å²) in [5, 5.41) is 11.5. The third kappa shape index (κ3) is 5.17. The lowest BCUT2D eigenvalue weighted by Crippen LogP contribution is -2.32. The van der Waals surface area contributed by atoms with Gasteiger partial charge in [0.05, 0.1) is 23.2 Å². The molecule has 0 aromatic heterocycles. The minimum absolute atomic E-state index is 0.0578. The summed E-state index contributed by atoms with van der Waals surface area (Å²) in [5.41, 5.74) is 1.16. The first-order chi connectivity index (χ1) is 15.2. The minimum Gasteiger partial charge on any atom is -0.507 e. The number of halogens is 2. The molecule has 3 rings (SSSR count). The Morgan fingerprint density at radius 1 is 1.19 bits per heavy atom. The Bertz CT molecular complexity index is 1040. The fourth-order valence-corrected chi connectivity index (χ4v) is 4.24. The zero-order valence-corrected chi connectivity index (χ0v) is 20.6. The van der Waals surface area contributed by atoms with E-state index in [0.29, 0.717) is 35.9 Å². The monoisotopic (exact) mass is 520 g/mol. The zero-order chi connectivity index (χ0) is 23.4. The fraction of sp³-hybridized carbons (Fsp3) is 0.333. The van der Waals surface area contributed by atoms with Crippen LogP contribution in [0.3, 0.4) is 0 Å². The second kappa shape index (κ2) is 10.5. The number of hydrogen-bond acceptors (Lipinski definition) is 5. The van der Waals surface area contributed by atoms with Crippen molar-refractivity contribution in [3.8, 4) is 5.75 Å². The van der Waals surface area contributed by atoms with E-state index in [4.69, 9.17) is 16.3 Å². The molecule has 6 nitrogen and oxygen atoms in total. The van der Waals surface area contributed by atoms with Crippen molar-refractivity contribution in [3.05, 3.63) is 68.7 Å². The Kier molecular flexibility index (Phi) is 7.98. The largest absolute Gasteiger partial charge is 0.507 e. The first-order valence-corrected chi connectivity index (χ1v) is 11.5. The molecule has 0 saturated carbocycles. The molecule has 0 radical (unpaired) electrons. The number of amides is 1. The standard InChI is InChI=1S/C24H26BrClN2O4/c1-4-32-19-11-8-16(14-18(19)26)22(29)20-21(15-6-9-17(25)10-7-15)28(24(31)23(20)30)13-5-12-27(2)3/h6-11,14,21,29H,4-5,12-13H2,1-3H3/b22-20-. The zero-order valence-electron chi connectivity index (χ0n) is 18.3. The molecule has 1 fully saturated rings. The number of ether oxygens (including phenoxy) is 1. The summed E-state index contributed by atoms with van der Waals surface area (Å²) >= 11 is 9.71. The number of nitrogens with zero attached hydrogens (tertiary/aromatic N) is 2. The van der Waals surface area contributed by atoms with E-state index in [1.54, 1.807) is 18.2 Å². The predicted octanol–water partition coefficient (Wildman–Crippen LogP) is 4.87. The summed E-state index contributed by atoms with van der Waals surface area (Å²) in [4.78, 5) is 29.6. The number of aliphatic hydroxyl groups is 1. The van der Waals surface area contributed by atoms with Gasteiger partial charge >= 0.3 is 0 Å². The van der Waals surface area contributed by atoms with Crippen LogP contribution in [0.1, 0.15) is 30.5 Å². The summed E-state index contributed by atoms with van der Waals surface area (Å²) in [5.74, 6) is -1.09. The lowest BCUT2D eigenvalue weighted by atomic mass is 9.95. The Morgan fingerprint density at radius 3 is 2.47 bits per heavy atom. The maximum absolute atomic E-state index is 13.0. The molecule has 1 N–H and O–H groups in total. The van der Waals surface area contributed by atoms with Gasteiger partial charge in [-0.05, 0) is 69.9 Å². The van der Waals surface area contributed by atoms with Crippen LogP contribution in [0, 0.1) is 0 Å². The van der Waals surface area contributed by atoms with Crippen molar-refractivity contribution in [2.75, 3.05) is 33.8 Å². The molecule has 170 valence electrons. The summed E-state index contributed by atoms with van der Waals surface area (Å²) in [6, 6.07) is 11.5. The SMILES string of the molecule is CCOc1ccc(/C(O)=C2/C(=O)C(=O)N(CCCN(C)C)C2c2ccc(Br)cc2)cc1Cl. The van der Waals surface area contributed by atoms with Crippen molar-refractivity contribution in [3.63, 3.8) is 0 Å². The molecule has 8 heteroatoms. The lowest BCUT2D eigenvalue weighted by molar-refractivity contribution is -0.139. The highest BCUT2D eigenvalue weighted by molar-refractivity contribution is 9.10. The van der Waals surface area contributed by atoms with E-state index in [0.717, 1.165) is 16.6 Å². The van der Waals surface area contributed by atoms with E-state index in [2.05, 4.69) is 15.9 Å². The molecule has 1 aliphatic rings. The van der Waals surface area contributed by atoms with Gasteiger partial charge in [0, 0.05) is 16.6 Å². The third-order valence-corrected chi connectivity index (χ3v) is 6.06. The predicted molar refractivity (Wildman–Crippen MR) is 129 cm³/mol. The topological polar surface area (TPSA) is 70.1 Å². The highest BCUT2D eigenvalue weighted by Gasteiger charge is 2.45. The molecule has 0 aliphatic carbocycles. The number of ketones is 1. The first-order valence-electron chi connectivity index (χ1n) is 10.4.